The van der Waals surface area contributed by atoms with Crippen molar-refractivity contribution >= 4 is 21.7 Å². The lowest BCUT2D eigenvalue weighted by Gasteiger charge is -2.08. The van der Waals surface area contributed by atoms with Crippen LogP contribution in [0.2, 0.25) is 0 Å². The Morgan fingerprint density at radius 1 is 1.60 bits per heavy atom. The maximum Gasteiger partial charge on any atom is 0.342 e. The molecule has 1 aromatic carbocycles. The molecule has 0 bridgehead atoms. The zero-order chi connectivity index (χ0) is 14.7. The number of nitriles is 1. The van der Waals surface area contributed by atoms with Crippen LogP contribution in [0.5, 0.6) is 5.75 Å². The topological polar surface area (TPSA) is 94.0 Å². The van der Waals surface area contributed by atoms with Gasteiger partial charge in [-0.2, -0.15) is 5.26 Å². The van der Waals surface area contributed by atoms with Crippen molar-refractivity contribution in [1.29, 1.82) is 5.26 Å². The van der Waals surface area contributed by atoms with Crippen LogP contribution in [-0.4, -0.2) is 14.5 Å². The average Bonchev–Trinajstić information content (AvgIpc) is 2.78. The summed E-state index contributed by atoms with van der Waals surface area (Å²) in [6.45, 7) is 0.0294. The summed E-state index contributed by atoms with van der Waals surface area (Å²) < 4.78 is 7.52. The van der Waals surface area contributed by atoms with Crippen molar-refractivity contribution in [3.63, 3.8) is 0 Å². The first-order valence-corrected chi connectivity index (χ1v) is 6.30. The molecule has 0 fully saturated rings. The summed E-state index contributed by atoms with van der Waals surface area (Å²) in [5.74, 6) is 0.674. The van der Waals surface area contributed by atoms with Gasteiger partial charge in [0.2, 0.25) is 5.82 Å². The highest BCUT2D eigenvalue weighted by atomic mass is 79.9. The average molecular weight is 337 g/mol. The second-order valence-electron chi connectivity index (χ2n) is 3.87. The minimum absolute atomic E-state index is 0.0294. The van der Waals surface area contributed by atoms with Gasteiger partial charge in [-0.05, 0) is 33.0 Å². The maximum absolute atomic E-state index is 10.7. The first-order valence-electron chi connectivity index (χ1n) is 5.51. The van der Waals surface area contributed by atoms with Crippen LogP contribution in [0.25, 0.3) is 0 Å². The number of hydrogen-bond acceptors (Lipinski definition) is 5. The molecule has 0 saturated carbocycles. The Balaban J connectivity index is 2.22. The molecule has 7 nitrogen and oxygen atoms in total. The quantitative estimate of drug-likeness (QED) is 0.631. The van der Waals surface area contributed by atoms with E-state index in [4.69, 9.17) is 10.00 Å². The highest BCUT2D eigenvalue weighted by Crippen LogP contribution is 2.29. The van der Waals surface area contributed by atoms with Gasteiger partial charge in [0.1, 0.15) is 12.3 Å². The summed E-state index contributed by atoms with van der Waals surface area (Å²) in [6, 6.07) is 7.12. The molecule has 0 saturated heterocycles. The number of imidazole rings is 1. The van der Waals surface area contributed by atoms with E-state index >= 15 is 0 Å². The third-order valence-electron chi connectivity index (χ3n) is 2.68. The summed E-state index contributed by atoms with van der Waals surface area (Å²) in [7, 11) is 1.54. The fourth-order valence-corrected chi connectivity index (χ4v) is 2.10. The van der Waals surface area contributed by atoms with Gasteiger partial charge in [0.25, 0.3) is 0 Å². The van der Waals surface area contributed by atoms with Gasteiger partial charge < -0.3 is 14.9 Å². The van der Waals surface area contributed by atoms with E-state index < -0.39 is 4.92 Å². The molecule has 0 aliphatic heterocycles. The predicted octanol–water partition coefficient (Wildman–Crippen LogP) is 2.54. The Labute approximate surface area is 122 Å². The van der Waals surface area contributed by atoms with Crippen LogP contribution in [0, 0.1) is 21.4 Å². The van der Waals surface area contributed by atoms with Gasteiger partial charge >= 0.3 is 5.82 Å². The SMILES string of the molecule is Cn1c([N+](=O)[O-])cnc1COc1c(Br)cccc1C#N. The molecule has 0 N–H and O–H groups in total. The molecule has 2 rings (SSSR count). The second-order valence-corrected chi connectivity index (χ2v) is 4.72. The molecule has 0 radical (unpaired) electrons. The predicted molar refractivity (Wildman–Crippen MR) is 73.1 cm³/mol. The van der Waals surface area contributed by atoms with E-state index in [0.717, 1.165) is 0 Å². The normalized spacial score (nSPS) is 10.1. The molecule has 20 heavy (non-hydrogen) atoms. The largest absolute Gasteiger partial charge is 0.481 e. The van der Waals surface area contributed by atoms with Crippen molar-refractivity contribution in [2.75, 3.05) is 0 Å². The molecular weight excluding hydrogens is 328 g/mol. The molecule has 102 valence electrons. The zero-order valence-corrected chi connectivity index (χ0v) is 12.0. The Morgan fingerprint density at radius 3 is 2.95 bits per heavy atom. The lowest BCUT2D eigenvalue weighted by molar-refractivity contribution is -0.391. The van der Waals surface area contributed by atoms with E-state index in [2.05, 4.69) is 20.9 Å². The molecular formula is C12H9BrN4O3. The molecule has 0 aliphatic rings. The number of hydrogen-bond donors (Lipinski definition) is 0. The second kappa shape index (κ2) is 5.71. The van der Waals surface area contributed by atoms with Crippen LogP contribution in [-0.2, 0) is 13.7 Å². The molecule has 0 spiro atoms. The molecule has 1 heterocycles. The van der Waals surface area contributed by atoms with Crippen molar-refractivity contribution in [1.82, 2.24) is 9.55 Å². The number of benzene rings is 1. The molecule has 2 aromatic rings. The molecule has 0 atom stereocenters. The number of nitrogens with zero attached hydrogens (tertiary/aromatic N) is 4. The van der Waals surface area contributed by atoms with E-state index in [-0.39, 0.29) is 12.4 Å². The van der Waals surface area contributed by atoms with Crippen molar-refractivity contribution < 1.29 is 9.66 Å². The van der Waals surface area contributed by atoms with Crippen molar-refractivity contribution in [2.24, 2.45) is 7.05 Å². The number of ether oxygens (including phenoxy) is 1. The van der Waals surface area contributed by atoms with Gasteiger partial charge in [0.15, 0.2) is 12.4 Å². The molecule has 0 unspecified atom stereocenters. The minimum atomic E-state index is -0.518. The number of rotatable bonds is 4. The summed E-state index contributed by atoms with van der Waals surface area (Å²) >= 11 is 3.30. The third kappa shape index (κ3) is 2.62. The Kier molecular flexibility index (Phi) is 4.00. The van der Waals surface area contributed by atoms with Crippen LogP contribution in [0.3, 0.4) is 0 Å². The standard InChI is InChI=1S/C12H9BrN4O3/c1-16-10(15-6-11(16)17(18)19)7-20-12-8(5-14)3-2-4-9(12)13/h2-4,6H,7H2,1H3. The van der Waals surface area contributed by atoms with Crippen molar-refractivity contribution in [3.05, 3.63) is 50.4 Å². The summed E-state index contributed by atoms with van der Waals surface area (Å²) in [5, 5.41) is 19.7. The van der Waals surface area contributed by atoms with Crippen LogP contribution in [0.4, 0.5) is 5.82 Å². The Bertz CT molecular complexity index is 705. The first kappa shape index (κ1) is 14.0. The number of halogens is 1. The van der Waals surface area contributed by atoms with Gasteiger partial charge in [-0.25, -0.2) is 9.55 Å². The van der Waals surface area contributed by atoms with Gasteiger partial charge in [-0.3, -0.25) is 0 Å². The molecule has 0 aliphatic carbocycles. The van der Waals surface area contributed by atoms with Gasteiger partial charge in [-0.15, -0.1) is 0 Å². The van der Waals surface area contributed by atoms with E-state index in [1.54, 1.807) is 18.2 Å². The maximum atomic E-state index is 10.7. The van der Waals surface area contributed by atoms with E-state index in [1.807, 2.05) is 6.07 Å². The third-order valence-corrected chi connectivity index (χ3v) is 3.30. The lowest BCUT2D eigenvalue weighted by Crippen LogP contribution is -2.06. The van der Waals surface area contributed by atoms with E-state index in [9.17, 15) is 10.1 Å². The smallest absolute Gasteiger partial charge is 0.342 e. The van der Waals surface area contributed by atoms with Crippen LogP contribution >= 0.6 is 15.9 Å². The van der Waals surface area contributed by atoms with Crippen LogP contribution < -0.4 is 4.74 Å². The number of nitro groups is 1. The molecule has 1 aromatic heterocycles. The van der Waals surface area contributed by atoms with Gasteiger partial charge in [0, 0.05) is 0 Å². The highest BCUT2D eigenvalue weighted by Gasteiger charge is 2.18. The fourth-order valence-electron chi connectivity index (χ4n) is 1.62. The summed E-state index contributed by atoms with van der Waals surface area (Å²) in [5.41, 5.74) is 0.378. The van der Waals surface area contributed by atoms with E-state index in [0.29, 0.717) is 21.6 Å². The number of aromatic nitrogens is 2. The zero-order valence-electron chi connectivity index (χ0n) is 10.4. The summed E-state index contributed by atoms with van der Waals surface area (Å²) in [4.78, 5) is 14.1. The van der Waals surface area contributed by atoms with Gasteiger partial charge in [0.05, 0.1) is 17.1 Å². The minimum Gasteiger partial charge on any atom is -0.481 e. The summed E-state index contributed by atoms with van der Waals surface area (Å²) in [6.07, 6.45) is 1.17. The molecule has 8 heteroatoms. The first-order chi connectivity index (χ1) is 9.54. The highest BCUT2D eigenvalue weighted by molar-refractivity contribution is 9.10. The van der Waals surface area contributed by atoms with Crippen LogP contribution in [0.15, 0.2) is 28.9 Å². The lowest BCUT2D eigenvalue weighted by atomic mass is 10.2. The Morgan fingerprint density at radius 2 is 2.35 bits per heavy atom. The molecule has 0 amide bonds. The monoisotopic (exact) mass is 336 g/mol. The fraction of sp³-hybridized carbons (Fsp3) is 0.167. The van der Waals surface area contributed by atoms with Gasteiger partial charge in [-0.1, -0.05) is 6.07 Å². The van der Waals surface area contributed by atoms with Crippen molar-refractivity contribution in [3.8, 4) is 11.8 Å². The van der Waals surface area contributed by atoms with Crippen molar-refractivity contribution in [2.45, 2.75) is 6.61 Å². The van der Waals surface area contributed by atoms with E-state index in [1.165, 1.54) is 17.8 Å². The van der Waals surface area contributed by atoms with Crippen LogP contribution in [0.1, 0.15) is 11.4 Å². The Hall–Kier alpha value is -2.40. The number of para-hydroxylation sites is 1.